The molecule has 3 heterocycles. The van der Waals surface area contributed by atoms with Crippen LogP contribution in [0.2, 0.25) is 0 Å². The highest BCUT2D eigenvalue weighted by Gasteiger charge is 2.35. The first-order valence-electron chi connectivity index (χ1n) is 7.21. The molecule has 6 heteroatoms. The average Bonchev–Trinajstić information content (AvgIpc) is 3.16. The number of carbonyl (C=O) groups excluding carboxylic acids is 1. The van der Waals surface area contributed by atoms with Gasteiger partial charge >= 0.3 is 0 Å². The second-order valence-corrected chi connectivity index (χ2v) is 7.67. The van der Waals surface area contributed by atoms with E-state index in [2.05, 4.69) is 15.9 Å². The van der Waals surface area contributed by atoms with E-state index in [1.54, 1.807) is 17.4 Å². The zero-order chi connectivity index (χ0) is 14.7. The Hall–Kier alpha value is -0.690. The molecule has 2 fully saturated rings. The van der Waals surface area contributed by atoms with Crippen LogP contribution >= 0.6 is 27.3 Å². The molecule has 1 aromatic rings. The summed E-state index contributed by atoms with van der Waals surface area (Å²) in [5.41, 5.74) is 0. The first kappa shape index (κ1) is 15.2. The van der Waals surface area contributed by atoms with Crippen molar-refractivity contribution in [1.82, 2.24) is 4.90 Å². The monoisotopic (exact) mass is 371 g/mol. The van der Waals surface area contributed by atoms with Gasteiger partial charge in [-0.25, -0.2) is 0 Å². The minimum absolute atomic E-state index is 0.0447. The maximum Gasteiger partial charge on any atom is 0.247 e. The maximum atomic E-state index is 12.5. The summed E-state index contributed by atoms with van der Waals surface area (Å²) < 4.78 is 12.3. The van der Waals surface area contributed by atoms with Crippen molar-refractivity contribution in [2.24, 2.45) is 0 Å². The third kappa shape index (κ3) is 3.74. The molecule has 3 rings (SSSR count). The Bertz CT molecular complexity index is 525. The molecule has 0 spiro atoms. The molecule has 2 saturated heterocycles. The van der Waals surface area contributed by atoms with Gasteiger partial charge in [-0.2, -0.15) is 0 Å². The second kappa shape index (κ2) is 7.05. The fraction of sp³-hybridized carbons (Fsp3) is 0.533. The van der Waals surface area contributed by atoms with Gasteiger partial charge in [0.2, 0.25) is 5.91 Å². The van der Waals surface area contributed by atoms with Crippen molar-refractivity contribution in [2.75, 3.05) is 19.8 Å². The van der Waals surface area contributed by atoms with Gasteiger partial charge in [-0.15, -0.1) is 11.3 Å². The molecule has 0 bridgehead atoms. The Balaban J connectivity index is 1.67. The number of hydrogen-bond acceptors (Lipinski definition) is 4. The van der Waals surface area contributed by atoms with Gasteiger partial charge in [-0.05, 0) is 53.4 Å². The number of nitrogens with zero attached hydrogens (tertiary/aromatic N) is 1. The number of halogens is 1. The Morgan fingerprint density at radius 1 is 1.33 bits per heavy atom. The lowest BCUT2D eigenvalue weighted by Crippen LogP contribution is -2.49. The summed E-state index contributed by atoms with van der Waals surface area (Å²) in [6, 6.07) is 4.03. The summed E-state index contributed by atoms with van der Waals surface area (Å²) in [6.45, 7) is 2.04. The lowest BCUT2D eigenvalue weighted by atomic mass is 10.0. The van der Waals surface area contributed by atoms with Gasteiger partial charge in [-0.1, -0.05) is 0 Å². The summed E-state index contributed by atoms with van der Waals surface area (Å²) in [5, 5.41) is 0. The third-order valence-electron chi connectivity index (χ3n) is 3.78. The number of piperidine rings is 1. The van der Waals surface area contributed by atoms with Crippen LogP contribution in [0.15, 0.2) is 22.0 Å². The molecule has 1 amide bonds. The van der Waals surface area contributed by atoms with Crippen LogP contribution in [-0.4, -0.2) is 42.9 Å². The third-order valence-corrected chi connectivity index (χ3v) is 5.37. The lowest BCUT2D eigenvalue weighted by molar-refractivity contribution is -0.145. The molecule has 1 atom stereocenters. The zero-order valence-electron chi connectivity index (χ0n) is 11.7. The van der Waals surface area contributed by atoms with Gasteiger partial charge in [0.25, 0.3) is 0 Å². The van der Waals surface area contributed by atoms with Crippen LogP contribution in [-0.2, 0) is 14.3 Å². The van der Waals surface area contributed by atoms with E-state index in [0.717, 1.165) is 34.5 Å². The first-order chi connectivity index (χ1) is 10.2. The van der Waals surface area contributed by atoms with Crippen LogP contribution in [0.3, 0.4) is 0 Å². The summed E-state index contributed by atoms with van der Waals surface area (Å²) >= 11 is 5.04. The van der Waals surface area contributed by atoms with Crippen LogP contribution in [0.5, 0.6) is 0 Å². The summed E-state index contributed by atoms with van der Waals surface area (Å²) in [7, 11) is 0. The molecule has 1 unspecified atom stereocenters. The van der Waals surface area contributed by atoms with E-state index in [4.69, 9.17) is 9.47 Å². The summed E-state index contributed by atoms with van der Waals surface area (Å²) in [6.07, 6.45) is 6.41. The molecule has 2 aliphatic heterocycles. The van der Waals surface area contributed by atoms with Gasteiger partial charge < -0.3 is 14.4 Å². The molecular formula is C15H18BrNO3S. The predicted octanol–water partition coefficient (Wildman–Crippen LogP) is 3.28. The molecule has 1 aromatic heterocycles. The van der Waals surface area contributed by atoms with Crippen molar-refractivity contribution in [3.63, 3.8) is 0 Å². The highest BCUT2D eigenvalue weighted by molar-refractivity contribution is 9.11. The maximum absolute atomic E-state index is 12.5. The van der Waals surface area contributed by atoms with Crippen molar-refractivity contribution in [3.8, 4) is 0 Å². The van der Waals surface area contributed by atoms with Gasteiger partial charge in [-0.3, -0.25) is 4.79 Å². The van der Waals surface area contributed by atoms with E-state index < -0.39 is 0 Å². The molecule has 2 aliphatic rings. The molecule has 114 valence electrons. The Labute approximate surface area is 136 Å². The summed E-state index contributed by atoms with van der Waals surface area (Å²) in [5.74, 6) is 0.0447. The number of thiophene rings is 1. The molecular weight excluding hydrogens is 354 g/mol. The molecule has 0 aliphatic carbocycles. The fourth-order valence-corrected chi connectivity index (χ4v) is 4.11. The van der Waals surface area contributed by atoms with E-state index in [-0.39, 0.29) is 18.2 Å². The van der Waals surface area contributed by atoms with Gasteiger partial charge in [0.05, 0.1) is 23.0 Å². The van der Waals surface area contributed by atoms with Crippen molar-refractivity contribution in [3.05, 3.63) is 26.9 Å². The standard InChI is InChI=1S/C15H18BrNO3S/c16-13-6-4-11(21-13)5-7-14(18)17-8-2-1-3-12(17)15-19-9-10-20-15/h4-7,12,15H,1-3,8-10H2/b7-5+. The zero-order valence-corrected chi connectivity index (χ0v) is 14.1. The minimum atomic E-state index is -0.251. The molecule has 21 heavy (non-hydrogen) atoms. The van der Waals surface area contributed by atoms with Gasteiger partial charge in [0.15, 0.2) is 6.29 Å². The highest BCUT2D eigenvalue weighted by Crippen LogP contribution is 2.26. The lowest BCUT2D eigenvalue weighted by Gasteiger charge is -2.37. The van der Waals surface area contributed by atoms with Crippen molar-refractivity contribution in [1.29, 1.82) is 0 Å². The molecule has 0 N–H and O–H groups in total. The Morgan fingerprint density at radius 3 is 2.86 bits per heavy atom. The molecule has 4 nitrogen and oxygen atoms in total. The van der Waals surface area contributed by atoms with Crippen LogP contribution < -0.4 is 0 Å². The van der Waals surface area contributed by atoms with E-state index in [1.807, 2.05) is 23.1 Å². The topological polar surface area (TPSA) is 38.8 Å². The van der Waals surface area contributed by atoms with E-state index in [0.29, 0.717) is 13.2 Å². The van der Waals surface area contributed by atoms with Gasteiger partial charge in [0.1, 0.15) is 0 Å². The quantitative estimate of drug-likeness (QED) is 0.765. The number of likely N-dealkylation sites (tertiary alicyclic amines) is 1. The largest absolute Gasteiger partial charge is 0.348 e. The number of rotatable bonds is 3. The van der Waals surface area contributed by atoms with E-state index >= 15 is 0 Å². The SMILES string of the molecule is O=C(/C=C/c1ccc(Br)s1)N1CCCCC1C1OCCO1. The van der Waals surface area contributed by atoms with E-state index in [9.17, 15) is 4.79 Å². The Kier molecular flexibility index (Phi) is 5.11. The average molecular weight is 372 g/mol. The van der Waals surface area contributed by atoms with Crippen LogP contribution in [0.1, 0.15) is 24.1 Å². The minimum Gasteiger partial charge on any atom is -0.348 e. The molecule has 0 saturated carbocycles. The number of hydrogen-bond donors (Lipinski definition) is 0. The van der Waals surface area contributed by atoms with Crippen molar-refractivity contribution in [2.45, 2.75) is 31.6 Å². The molecule has 0 aromatic carbocycles. The highest BCUT2D eigenvalue weighted by atomic mass is 79.9. The van der Waals surface area contributed by atoms with Crippen molar-refractivity contribution >= 4 is 39.2 Å². The number of ether oxygens (including phenoxy) is 2. The van der Waals surface area contributed by atoms with Crippen LogP contribution in [0, 0.1) is 0 Å². The first-order valence-corrected chi connectivity index (χ1v) is 8.82. The summed E-state index contributed by atoms with van der Waals surface area (Å²) in [4.78, 5) is 15.4. The number of amides is 1. The van der Waals surface area contributed by atoms with E-state index in [1.165, 1.54) is 0 Å². The van der Waals surface area contributed by atoms with Crippen LogP contribution in [0.4, 0.5) is 0 Å². The van der Waals surface area contributed by atoms with Crippen LogP contribution in [0.25, 0.3) is 6.08 Å². The van der Waals surface area contributed by atoms with Gasteiger partial charge in [0, 0.05) is 17.5 Å². The smallest absolute Gasteiger partial charge is 0.247 e. The normalized spacial score (nSPS) is 24.0. The van der Waals surface area contributed by atoms with Crippen molar-refractivity contribution < 1.29 is 14.3 Å². The fourth-order valence-electron chi connectivity index (χ4n) is 2.78. The predicted molar refractivity (Wildman–Crippen MR) is 86.1 cm³/mol. The second-order valence-electron chi connectivity index (χ2n) is 5.18. The Morgan fingerprint density at radius 2 is 2.14 bits per heavy atom. The number of carbonyl (C=O) groups is 1. The molecule has 0 radical (unpaired) electrons.